The second-order valence-electron chi connectivity index (χ2n) is 6.02. The van der Waals surface area contributed by atoms with Crippen LogP contribution in [0, 0.1) is 6.92 Å². The van der Waals surface area contributed by atoms with Crippen molar-refractivity contribution in [2.24, 2.45) is 0 Å². The van der Waals surface area contributed by atoms with Crippen LogP contribution in [0.2, 0.25) is 0 Å². The van der Waals surface area contributed by atoms with Crippen LogP contribution in [0.15, 0.2) is 48.5 Å². The van der Waals surface area contributed by atoms with Crippen LogP contribution >= 0.6 is 0 Å². The fraction of sp³-hybridized carbons (Fsp3) is 0.381. The number of methoxy groups -OCH3 is 1. The van der Waals surface area contributed by atoms with Crippen LogP contribution in [-0.2, 0) is 4.74 Å². The van der Waals surface area contributed by atoms with Crippen LogP contribution in [0.25, 0.3) is 0 Å². The first-order valence-corrected chi connectivity index (χ1v) is 8.75. The smallest absolute Gasteiger partial charge is 0.251 e. The van der Waals surface area contributed by atoms with Crippen molar-refractivity contribution < 1.29 is 14.3 Å². The molecule has 0 bridgehead atoms. The van der Waals surface area contributed by atoms with Gasteiger partial charge in [-0.1, -0.05) is 37.6 Å². The highest BCUT2D eigenvalue weighted by Gasteiger charge is 2.14. The van der Waals surface area contributed by atoms with E-state index in [-0.39, 0.29) is 12.0 Å². The molecule has 0 heterocycles. The minimum Gasteiger partial charge on any atom is -0.494 e. The van der Waals surface area contributed by atoms with Gasteiger partial charge < -0.3 is 14.8 Å². The Kier molecular flexibility index (Phi) is 7.48. The Hall–Kier alpha value is -2.33. The number of rotatable bonds is 9. The van der Waals surface area contributed by atoms with E-state index in [9.17, 15) is 4.79 Å². The van der Waals surface area contributed by atoms with Crippen molar-refractivity contribution in [3.05, 3.63) is 65.2 Å². The Labute approximate surface area is 150 Å². The zero-order valence-electron chi connectivity index (χ0n) is 15.2. The highest BCUT2D eigenvalue weighted by atomic mass is 16.5. The summed E-state index contributed by atoms with van der Waals surface area (Å²) >= 11 is 0. The lowest BCUT2D eigenvalue weighted by atomic mass is 10.0. The van der Waals surface area contributed by atoms with E-state index in [0.29, 0.717) is 18.7 Å². The molecule has 1 N–H and O–H groups in total. The number of carbonyl (C=O) groups excluding carboxylic acids is 1. The van der Waals surface area contributed by atoms with Gasteiger partial charge in [0, 0.05) is 19.2 Å². The van der Waals surface area contributed by atoms with Gasteiger partial charge in [-0.2, -0.15) is 0 Å². The molecule has 1 atom stereocenters. The lowest BCUT2D eigenvalue weighted by Crippen LogP contribution is -2.29. The van der Waals surface area contributed by atoms with Gasteiger partial charge in [0.25, 0.3) is 5.91 Å². The maximum Gasteiger partial charge on any atom is 0.251 e. The minimum atomic E-state index is -0.165. The highest BCUT2D eigenvalue weighted by molar-refractivity contribution is 5.94. The van der Waals surface area contributed by atoms with Crippen molar-refractivity contribution in [1.29, 1.82) is 0 Å². The number of hydrogen-bond acceptors (Lipinski definition) is 3. The second-order valence-corrected chi connectivity index (χ2v) is 6.02. The summed E-state index contributed by atoms with van der Waals surface area (Å²) in [6.07, 6.45) is 1.96. The molecular formula is C21H27NO3. The molecule has 134 valence electrons. The van der Waals surface area contributed by atoms with Crippen LogP contribution in [0.1, 0.15) is 47.4 Å². The predicted molar refractivity (Wildman–Crippen MR) is 100 cm³/mol. The van der Waals surface area contributed by atoms with Crippen LogP contribution in [0.4, 0.5) is 0 Å². The monoisotopic (exact) mass is 341 g/mol. The molecule has 0 fully saturated rings. The van der Waals surface area contributed by atoms with E-state index in [1.807, 2.05) is 43.3 Å². The van der Waals surface area contributed by atoms with E-state index in [4.69, 9.17) is 9.47 Å². The van der Waals surface area contributed by atoms with E-state index < -0.39 is 0 Å². The van der Waals surface area contributed by atoms with Gasteiger partial charge in [-0.15, -0.1) is 0 Å². The molecule has 0 radical (unpaired) electrons. The fourth-order valence-electron chi connectivity index (χ4n) is 2.59. The molecule has 0 aliphatic heterocycles. The lowest BCUT2D eigenvalue weighted by Gasteiger charge is -2.18. The molecule has 4 heteroatoms. The van der Waals surface area contributed by atoms with Crippen molar-refractivity contribution in [3.8, 4) is 5.75 Å². The summed E-state index contributed by atoms with van der Waals surface area (Å²) in [7, 11) is 1.66. The Morgan fingerprint density at radius 1 is 1.12 bits per heavy atom. The molecule has 4 nitrogen and oxygen atoms in total. The minimum absolute atomic E-state index is 0.115. The maximum absolute atomic E-state index is 12.3. The Morgan fingerprint density at radius 3 is 2.48 bits per heavy atom. The molecule has 2 aromatic carbocycles. The zero-order chi connectivity index (χ0) is 18.1. The van der Waals surface area contributed by atoms with Crippen molar-refractivity contribution in [2.45, 2.75) is 32.8 Å². The SMILES string of the molecule is CCCCOc1ccc(C(=O)NCC(OC)c2ccccc2C)cc1. The molecule has 2 rings (SSSR count). The van der Waals surface area contributed by atoms with E-state index in [1.165, 1.54) is 0 Å². The van der Waals surface area contributed by atoms with Gasteiger partial charge >= 0.3 is 0 Å². The first kappa shape index (κ1) is 19.0. The molecule has 0 saturated carbocycles. The Balaban J connectivity index is 1.91. The molecule has 1 amide bonds. The molecule has 0 saturated heterocycles. The molecule has 0 aliphatic rings. The third kappa shape index (κ3) is 5.61. The number of aryl methyl sites for hydroxylation is 1. The Bertz CT molecular complexity index is 667. The van der Waals surface area contributed by atoms with Gasteiger partial charge in [-0.05, 0) is 48.7 Å². The summed E-state index contributed by atoms with van der Waals surface area (Å²) in [5, 5.41) is 2.94. The number of hydrogen-bond donors (Lipinski definition) is 1. The lowest BCUT2D eigenvalue weighted by molar-refractivity contribution is 0.0826. The fourth-order valence-corrected chi connectivity index (χ4v) is 2.59. The third-order valence-corrected chi connectivity index (χ3v) is 4.15. The van der Waals surface area contributed by atoms with E-state index in [1.54, 1.807) is 19.2 Å². The standard InChI is InChI=1S/C21H27NO3/c1-4-5-14-25-18-12-10-17(11-13-18)21(23)22-15-20(24-3)19-9-7-6-8-16(19)2/h6-13,20H,4-5,14-15H2,1-3H3,(H,22,23). The van der Waals surface area contributed by atoms with Crippen molar-refractivity contribution in [2.75, 3.05) is 20.3 Å². The molecule has 0 aliphatic carbocycles. The molecule has 0 spiro atoms. The normalized spacial score (nSPS) is 11.8. The average Bonchev–Trinajstić information content (AvgIpc) is 2.64. The maximum atomic E-state index is 12.3. The van der Waals surface area contributed by atoms with Gasteiger partial charge in [0.05, 0.1) is 12.7 Å². The van der Waals surface area contributed by atoms with Crippen molar-refractivity contribution in [1.82, 2.24) is 5.32 Å². The number of carbonyl (C=O) groups is 1. The first-order valence-electron chi connectivity index (χ1n) is 8.75. The summed E-state index contributed by atoms with van der Waals surface area (Å²) in [6, 6.07) is 15.3. The van der Waals surface area contributed by atoms with Crippen LogP contribution in [0.5, 0.6) is 5.75 Å². The zero-order valence-corrected chi connectivity index (χ0v) is 15.2. The molecule has 2 aromatic rings. The summed E-state index contributed by atoms with van der Waals surface area (Å²) in [4.78, 5) is 12.3. The van der Waals surface area contributed by atoms with Gasteiger partial charge in [-0.25, -0.2) is 0 Å². The molecular weight excluding hydrogens is 314 g/mol. The van der Waals surface area contributed by atoms with Crippen molar-refractivity contribution >= 4 is 5.91 Å². The highest BCUT2D eigenvalue weighted by Crippen LogP contribution is 2.20. The van der Waals surface area contributed by atoms with Crippen LogP contribution < -0.4 is 10.1 Å². The van der Waals surface area contributed by atoms with Gasteiger partial charge in [0.2, 0.25) is 0 Å². The number of ether oxygens (including phenoxy) is 2. The Morgan fingerprint density at radius 2 is 1.84 bits per heavy atom. The third-order valence-electron chi connectivity index (χ3n) is 4.15. The topological polar surface area (TPSA) is 47.6 Å². The average molecular weight is 341 g/mol. The predicted octanol–water partition coefficient (Wildman–Crippen LogP) is 4.29. The van der Waals surface area contributed by atoms with Gasteiger partial charge in [-0.3, -0.25) is 4.79 Å². The quantitative estimate of drug-likeness (QED) is 0.692. The molecule has 25 heavy (non-hydrogen) atoms. The molecule has 1 unspecified atom stereocenters. The number of benzene rings is 2. The summed E-state index contributed by atoms with van der Waals surface area (Å²) in [6.45, 7) is 5.30. The summed E-state index contributed by atoms with van der Waals surface area (Å²) < 4.78 is 11.2. The second kappa shape index (κ2) is 9.84. The molecule has 0 aromatic heterocycles. The summed E-state index contributed by atoms with van der Waals surface area (Å²) in [5.74, 6) is 0.676. The first-order chi connectivity index (χ1) is 12.2. The number of nitrogens with one attached hydrogen (secondary N) is 1. The summed E-state index contributed by atoms with van der Waals surface area (Å²) in [5.41, 5.74) is 2.85. The van der Waals surface area contributed by atoms with Crippen LogP contribution in [0.3, 0.4) is 0 Å². The largest absolute Gasteiger partial charge is 0.494 e. The van der Waals surface area contributed by atoms with Gasteiger partial charge in [0.1, 0.15) is 5.75 Å². The van der Waals surface area contributed by atoms with E-state index in [0.717, 1.165) is 29.7 Å². The van der Waals surface area contributed by atoms with Gasteiger partial charge in [0.15, 0.2) is 0 Å². The van der Waals surface area contributed by atoms with Crippen LogP contribution in [-0.4, -0.2) is 26.2 Å². The number of unbranched alkanes of at least 4 members (excludes halogenated alkanes) is 1. The van der Waals surface area contributed by atoms with E-state index in [2.05, 4.69) is 12.2 Å². The number of amides is 1. The van der Waals surface area contributed by atoms with Crippen molar-refractivity contribution in [3.63, 3.8) is 0 Å². The van der Waals surface area contributed by atoms with E-state index >= 15 is 0 Å².